The lowest BCUT2D eigenvalue weighted by molar-refractivity contribution is 0.620. The van der Waals surface area contributed by atoms with Crippen LogP contribution in [-0.2, 0) is 0 Å². The topological polar surface area (TPSA) is 52.0 Å². The molecule has 0 aliphatic rings. The highest BCUT2D eigenvalue weighted by molar-refractivity contribution is 9.10. The molecule has 3 aromatic rings. The number of aromatic nitrogens is 1. The van der Waals surface area contributed by atoms with Gasteiger partial charge in [-0.25, -0.2) is 4.98 Å². The highest BCUT2D eigenvalue weighted by Crippen LogP contribution is 2.30. The summed E-state index contributed by atoms with van der Waals surface area (Å²) in [6.07, 6.45) is 0. The van der Waals surface area contributed by atoms with Gasteiger partial charge in [-0.3, -0.25) is 0 Å². The Morgan fingerprint density at radius 1 is 1.17 bits per heavy atom. The Balaban J connectivity index is 2.16. The van der Waals surface area contributed by atoms with Gasteiger partial charge in [0.2, 0.25) is 5.89 Å². The molecule has 0 spiro atoms. The fourth-order valence-corrected chi connectivity index (χ4v) is 2.10. The van der Waals surface area contributed by atoms with Gasteiger partial charge in [-0.15, -0.1) is 0 Å². The first-order chi connectivity index (χ1) is 8.63. The molecular formula is C13H8BrClN2O. The first-order valence-electron chi connectivity index (χ1n) is 5.25. The molecule has 2 aromatic carbocycles. The number of anilines is 1. The Morgan fingerprint density at radius 3 is 2.61 bits per heavy atom. The summed E-state index contributed by atoms with van der Waals surface area (Å²) in [5, 5.41) is 0.484. The van der Waals surface area contributed by atoms with Gasteiger partial charge in [0, 0.05) is 16.1 Å². The van der Waals surface area contributed by atoms with Crippen LogP contribution in [0.1, 0.15) is 0 Å². The standard InChI is InChI=1S/C13H8BrClN2O/c14-8-3-1-7(2-4-8)13-17-11-5-9(15)10(16)6-12(11)18-13/h1-6H,16H2. The van der Waals surface area contributed by atoms with Crippen molar-refractivity contribution in [3.05, 3.63) is 45.9 Å². The molecule has 0 aliphatic carbocycles. The van der Waals surface area contributed by atoms with Gasteiger partial charge in [0.15, 0.2) is 5.58 Å². The third-order valence-corrected chi connectivity index (χ3v) is 3.45. The minimum atomic E-state index is 0.484. The summed E-state index contributed by atoms with van der Waals surface area (Å²) >= 11 is 9.34. The molecule has 0 unspecified atom stereocenters. The largest absolute Gasteiger partial charge is 0.436 e. The summed E-state index contributed by atoms with van der Waals surface area (Å²) in [6.45, 7) is 0. The van der Waals surface area contributed by atoms with Crippen molar-refractivity contribution in [3.63, 3.8) is 0 Å². The van der Waals surface area contributed by atoms with Crippen LogP contribution in [0.2, 0.25) is 5.02 Å². The predicted octanol–water partition coefficient (Wildman–Crippen LogP) is 4.49. The van der Waals surface area contributed by atoms with Crippen molar-refractivity contribution in [1.82, 2.24) is 4.98 Å². The Morgan fingerprint density at radius 2 is 1.89 bits per heavy atom. The van der Waals surface area contributed by atoms with Crippen LogP contribution >= 0.6 is 27.5 Å². The minimum absolute atomic E-state index is 0.484. The van der Waals surface area contributed by atoms with Gasteiger partial charge in [-0.05, 0) is 30.3 Å². The molecule has 0 aliphatic heterocycles. The van der Waals surface area contributed by atoms with Crippen LogP contribution in [0.5, 0.6) is 0 Å². The van der Waals surface area contributed by atoms with Gasteiger partial charge in [-0.1, -0.05) is 27.5 Å². The lowest BCUT2D eigenvalue weighted by atomic mass is 10.2. The summed E-state index contributed by atoms with van der Waals surface area (Å²) < 4.78 is 6.67. The quantitative estimate of drug-likeness (QED) is 0.671. The van der Waals surface area contributed by atoms with E-state index in [0.29, 0.717) is 27.7 Å². The van der Waals surface area contributed by atoms with E-state index in [4.69, 9.17) is 21.8 Å². The Hall–Kier alpha value is -1.52. The van der Waals surface area contributed by atoms with Crippen molar-refractivity contribution in [2.45, 2.75) is 0 Å². The number of hydrogen-bond acceptors (Lipinski definition) is 3. The van der Waals surface area contributed by atoms with Crippen molar-refractivity contribution < 1.29 is 4.42 Å². The first-order valence-corrected chi connectivity index (χ1v) is 6.42. The van der Waals surface area contributed by atoms with Crippen LogP contribution in [0, 0.1) is 0 Å². The SMILES string of the molecule is Nc1cc2oc(-c3ccc(Br)cc3)nc2cc1Cl. The number of rotatable bonds is 1. The second-order valence-electron chi connectivity index (χ2n) is 3.87. The normalized spacial score (nSPS) is 11.0. The summed E-state index contributed by atoms with van der Waals surface area (Å²) in [5.41, 5.74) is 8.46. The zero-order chi connectivity index (χ0) is 12.7. The van der Waals surface area contributed by atoms with Crippen LogP contribution in [0.3, 0.4) is 0 Å². The molecule has 0 bridgehead atoms. The molecule has 1 heterocycles. The molecule has 3 nitrogen and oxygen atoms in total. The zero-order valence-corrected chi connectivity index (χ0v) is 11.5. The summed E-state index contributed by atoms with van der Waals surface area (Å²) in [6, 6.07) is 11.1. The van der Waals surface area contributed by atoms with E-state index in [2.05, 4.69) is 20.9 Å². The average molecular weight is 324 g/mol. The third-order valence-electron chi connectivity index (χ3n) is 2.60. The van der Waals surface area contributed by atoms with Gasteiger partial charge < -0.3 is 10.2 Å². The van der Waals surface area contributed by atoms with E-state index in [1.165, 1.54) is 0 Å². The van der Waals surface area contributed by atoms with Gasteiger partial charge >= 0.3 is 0 Å². The van der Waals surface area contributed by atoms with E-state index in [9.17, 15) is 0 Å². The second-order valence-corrected chi connectivity index (χ2v) is 5.19. The summed E-state index contributed by atoms with van der Waals surface area (Å²) in [4.78, 5) is 4.39. The average Bonchev–Trinajstić information content (AvgIpc) is 2.73. The maximum atomic E-state index is 5.95. The number of hydrogen-bond donors (Lipinski definition) is 1. The molecule has 2 N–H and O–H groups in total. The van der Waals surface area contributed by atoms with E-state index in [0.717, 1.165) is 10.0 Å². The molecule has 0 radical (unpaired) electrons. The fourth-order valence-electron chi connectivity index (χ4n) is 1.68. The third kappa shape index (κ3) is 1.98. The molecule has 0 fully saturated rings. The highest BCUT2D eigenvalue weighted by Gasteiger charge is 2.10. The van der Waals surface area contributed by atoms with Crippen LogP contribution in [0.4, 0.5) is 5.69 Å². The molecular weight excluding hydrogens is 316 g/mol. The van der Waals surface area contributed by atoms with E-state index < -0.39 is 0 Å². The monoisotopic (exact) mass is 322 g/mol. The van der Waals surface area contributed by atoms with Gasteiger partial charge in [-0.2, -0.15) is 0 Å². The summed E-state index contributed by atoms with van der Waals surface area (Å²) in [5.74, 6) is 0.555. The molecule has 90 valence electrons. The van der Waals surface area contributed by atoms with E-state index in [1.807, 2.05) is 24.3 Å². The molecule has 5 heteroatoms. The summed E-state index contributed by atoms with van der Waals surface area (Å²) in [7, 11) is 0. The number of nitrogens with zero attached hydrogens (tertiary/aromatic N) is 1. The van der Waals surface area contributed by atoms with Crippen LogP contribution in [0.15, 0.2) is 45.3 Å². The second kappa shape index (κ2) is 4.30. The van der Waals surface area contributed by atoms with Gasteiger partial charge in [0.1, 0.15) is 5.52 Å². The molecule has 0 saturated carbocycles. The van der Waals surface area contributed by atoms with Gasteiger partial charge in [0.25, 0.3) is 0 Å². The van der Waals surface area contributed by atoms with Gasteiger partial charge in [0.05, 0.1) is 10.7 Å². The lowest BCUT2D eigenvalue weighted by Gasteiger charge is -1.94. The van der Waals surface area contributed by atoms with E-state index in [-0.39, 0.29) is 0 Å². The number of nitrogen functional groups attached to an aromatic ring is 1. The Labute approximate surface area is 117 Å². The highest BCUT2D eigenvalue weighted by atomic mass is 79.9. The van der Waals surface area contributed by atoms with Crippen molar-refractivity contribution in [2.75, 3.05) is 5.73 Å². The number of nitrogens with two attached hydrogens (primary N) is 1. The Kier molecular flexibility index (Phi) is 2.76. The molecule has 18 heavy (non-hydrogen) atoms. The smallest absolute Gasteiger partial charge is 0.227 e. The predicted molar refractivity (Wildman–Crippen MR) is 76.6 cm³/mol. The maximum absolute atomic E-state index is 5.95. The maximum Gasteiger partial charge on any atom is 0.227 e. The number of halogens is 2. The molecule has 0 atom stereocenters. The first kappa shape index (κ1) is 11.6. The molecule has 3 rings (SSSR count). The fraction of sp³-hybridized carbons (Fsp3) is 0. The number of oxazole rings is 1. The minimum Gasteiger partial charge on any atom is -0.436 e. The van der Waals surface area contributed by atoms with Crippen LogP contribution < -0.4 is 5.73 Å². The van der Waals surface area contributed by atoms with Crippen molar-refractivity contribution >= 4 is 44.3 Å². The zero-order valence-electron chi connectivity index (χ0n) is 9.15. The van der Waals surface area contributed by atoms with Crippen LogP contribution in [-0.4, -0.2) is 4.98 Å². The lowest BCUT2D eigenvalue weighted by Crippen LogP contribution is -1.84. The van der Waals surface area contributed by atoms with E-state index >= 15 is 0 Å². The number of benzene rings is 2. The molecule has 1 aromatic heterocycles. The van der Waals surface area contributed by atoms with Crippen molar-refractivity contribution in [2.24, 2.45) is 0 Å². The van der Waals surface area contributed by atoms with Crippen molar-refractivity contribution in [1.29, 1.82) is 0 Å². The number of fused-ring (bicyclic) bond motifs is 1. The van der Waals surface area contributed by atoms with Crippen LogP contribution in [0.25, 0.3) is 22.6 Å². The molecule has 0 amide bonds. The molecule has 0 saturated heterocycles. The Bertz CT molecular complexity index is 683. The van der Waals surface area contributed by atoms with Crippen molar-refractivity contribution in [3.8, 4) is 11.5 Å². The van der Waals surface area contributed by atoms with E-state index in [1.54, 1.807) is 12.1 Å².